The van der Waals surface area contributed by atoms with Crippen LogP contribution in [0.5, 0.6) is 0 Å². The Morgan fingerprint density at radius 3 is 1.73 bits per heavy atom. The number of benzene rings is 6. The van der Waals surface area contributed by atoms with Crippen LogP contribution in [0.3, 0.4) is 0 Å². The van der Waals surface area contributed by atoms with Gasteiger partial charge in [-0.15, -0.1) is 0 Å². The zero-order chi connectivity index (χ0) is 35.0. The third-order valence-corrected chi connectivity index (χ3v) is 9.97. The van der Waals surface area contributed by atoms with Crippen LogP contribution < -0.4 is 0 Å². The van der Waals surface area contributed by atoms with E-state index in [1.807, 2.05) is 37.3 Å². The summed E-state index contributed by atoms with van der Waals surface area (Å²) >= 11 is 0. The number of aromatic nitrogens is 5. The van der Waals surface area contributed by atoms with Gasteiger partial charge in [-0.3, -0.25) is 0 Å². The highest BCUT2D eigenvalue weighted by atomic mass is 15.0. The summed E-state index contributed by atoms with van der Waals surface area (Å²) in [5.74, 6) is 2.17. The molecule has 3 aromatic heterocycles. The van der Waals surface area contributed by atoms with Crippen molar-refractivity contribution in [3.05, 3.63) is 176 Å². The number of hydrogen-bond donors (Lipinski definition) is 0. The molecule has 5 nitrogen and oxygen atoms in total. The van der Waals surface area contributed by atoms with Crippen molar-refractivity contribution in [2.24, 2.45) is 0 Å². The van der Waals surface area contributed by atoms with Gasteiger partial charge in [0.2, 0.25) is 0 Å². The minimum absolute atomic E-state index is 0.0548. The number of para-hydroxylation sites is 3. The monoisotopic (exact) mass is 671 g/mol. The van der Waals surface area contributed by atoms with E-state index in [2.05, 4.69) is 156 Å². The van der Waals surface area contributed by atoms with E-state index in [-0.39, 0.29) is 5.92 Å². The van der Waals surface area contributed by atoms with Crippen molar-refractivity contribution in [2.45, 2.75) is 26.2 Å². The molecular formula is C47H37N5. The molecule has 0 aliphatic rings. The average molecular weight is 672 g/mol. The lowest BCUT2D eigenvalue weighted by atomic mass is 10.0. The van der Waals surface area contributed by atoms with E-state index < -0.39 is 0 Å². The number of hydrogen-bond acceptors (Lipinski definition) is 3. The fourth-order valence-electron chi connectivity index (χ4n) is 7.46. The summed E-state index contributed by atoms with van der Waals surface area (Å²) in [6.07, 6.45) is 9.22. The molecule has 0 saturated heterocycles. The van der Waals surface area contributed by atoms with E-state index in [1.165, 1.54) is 32.6 Å². The van der Waals surface area contributed by atoms with E-state index in [0.717, 1.165) is 45.8 Å². The van der Waals surface area contributed by atoms with Crippen LogP contribution in [0.15, 0.2) is 170 Å². The predicted molar refractivity (Wildman–Crippen MR) is 216 cm³/mol. The van der Waals surface area contributed by atoms with Gasteiger partial charge in [-0.1, -0.05) is 134 Å². The van der Waals surface area contributed by atoms with Gasteiger partial charge in [0.15, 0.2) is 11.6 Å². The third kappa shape index (κ3) is 5.39. The summed E-state index contributed by atoms with van der Waals surface area (Å²) in [7, 11) is 0. The smallest absolute Gasteiger partial charge is 0.163 e. The van der Waals surface area contributed by atoms with E-state index in [1.54, 1.807) is 0 Å². The van der Waals surface area contributed by atoms with Crippen molar-refractivity contribution < 1.29 is 0 Å². The van der Waals surface area contributed by atoms with Crippen molar-refractivity contribution in [2.75, 3.05) is 0 Å². The van der Waals surface area contributed by atoms with E-state index in [9.17, 15) is 0 Å². The van der Waals surface area contributed by atoms with E-state index >= 15 is 0 Å². The van der Waals surface area contributed by atoms with Crippen LogP contribution >= 0.6 is 0 Å². The molecule has 0 N–H and O–H groups in total. The second kappa shape index (κ2) is 13.3. The maximum atomic E-state index is 5.14. The van der Waals surface area contributed by atoms with Gasteiger partial charge in [0.25, 0.3) is 0 Å². The molecule has 0 aliphatic heterocycles. The first-order valence-electron chi connectivity index (χ1n) is 18.0. The summed E-state index contributed by atoms with van der Waals surface area (Å²) < 4.78 is 4.76. The standard InChI is InChI=1S/C47H37N5/c1-3-5-8-17-32(4-2)45-48-46(33-18-9-6-10-19-33)50-47(49-45)34-26-28-39-40-29-27-36(31-44(40)51(43(39)30-34)35-20-11-7-12-21-35)52-41-24-15-13-22-37(41)38-23-14-16-25-42(38)52/h3,5-32H,4H2,1-2H3/b5-3-,17-8-. The fourth-order valence-corrected chi connectivity index (χ4v) is 7.46. The third-order valence-electron chi connectivity index (χ3n) is 9.97. The summed E-state index contributed by atoms with van der Waals surface area (Å²) in [5, 5.41) is 4.87. The normalized spacial score (nSPS) is 12.7. The van der Waals surface area contributed by atoms with Crippen LogP contribution in [0.2, 0.25) is 0 Å². The molecule has 0 bridgehead atoms. The molecule has 52 heavy (non-hydrogen) atoms. The maximum absolute atomic E-state index is 5.14. The first-order chi connectivity index (χ1) is 25.7. The Morgan fingerprint density at radius 2 is 1.06 bits per heavy atom. The molecule has 0 saturated carbocycles. The first-order valence-corrected chi connectivity index (χ1v) is 18.0. The summed E-state index contributed by atoms with van der Waals surface area (Å²) in [5.41, 5.74) is 8.76. The summed E-state index contributed by atoms with van der Waals surface area (Å²) in [6.45, 7) is 4.20. The lowest BCUT2D eigenvalue weighted by Gasteiger charge is -2.13. The van der Waals surface area contributed by atoms with Crippen LogP contribution in [0.1, 0.15) is 32.0 Å². The van der Waals surface area contributed by atoms with Gasteiger partial charge in [-0.2, -0.15) is 0 Å². The Bertz CT molecular complexity index is 2730. The summed E-state index contributed by atoms with van der Waals surface area (Å²) in [4.78, 5) is 15.2. The van der Waals surface area contributed by atoms with Gasteiger partial charge in [-0.05, 0) is 55.8 Å². The topological polar surface area (TPSA) is 48.5 Å². The summed E-state index contributed by atoms with van der Waals surface area (Å²) in [6, 6.07) is 51.6. The SMILES string of the molecule is C/C=C\C=C/C(CC)c1nc(-c2ccccc2)nc(-c2ccc3c4ccc(-n5c6ccccc6c6ccccc65)cc4n(-c4ccccc4)c3c2)n1. The van der Waals surface area contributed by atoms with Gasteiger partial charge in [0, 0.05) is 50.0 Å². The molecule has 1 atom stereocenters. The molecule has 0 spiro atoms. The van der Waals surface area contributed by atoms with E-state index in [0.29, 0.717) is 11.6 Å². The Labute approximate surface area is 302 Å². The second-order valence-electron chi connectivity index (χ2n) is 13.1. The highest BCUT2D eigenvalue weighted by Gasteiger charge is 2.20. The van der Waals surface area contributed by atoms with Crippen LogP contribution in [-0.4, -0.2) is 24.1 Å². The number of allylic oxidation sites excluding steroid dienone is 4. The quantitative estimate of drug-likeness (QED) is 0.151. The molecular weight excluding hydrogens is 635 g/mol. The maximum Gasteiger partial charge on any atom is 0.163 e. The van der Waals surface area contributed by atoms with Gasteiger partial charge in [0.05, 0.1) is 22.1 Å². The molecule has 3 heterocycles. The zero-order valence-corrected chi connectivity index (χ0v) is 29.2. The average Bonchev–Trinajstić information content (AvgIpc) is 3.72. The van der Waals surface area contributed by atoms with Crippen LogP contribution in [0, 0.1) is 0 Å². The number of rotatable bonds is 8. The van der Waals surface area contributed by atoms with Crippen molar-refractivity contribution >= 4 is 43.6 Å². The molecule has 250 valence electrons. The van der Waals surface area contributed by atoms with Gasteiger partial charge < -0.3 is 9.13 Å². The Kier molecular flexibility index (Phi) is 8.01. The molecule has 9 rings (SSSR count). The highest BCUT2D eigenvalue weighted by molar-refractivity contribution is 6.12. The molecule has 5 heteroatoms. The fraction of sp³-hybridized carbons (Fsp3) is 0.0851. The second-order valence-corrected chi connectivity index (χ2v) is 13.1. The Morgan fingerprint density at radius 1 is 0.500 bits per heavy atom. The van der Waals surface area contributed by atoms with Gasteiger partial charge in [-0.25, -0.2) is 15.0 Å². The number of fused-ring (bicyclic) bond motifs is 6. The van der Waals surface area contributed by atoms with Crippen LogP contribution in [0.4, 0.5) is 0 Å². The lowest BCUT2D eigenvalue weighted by Crippen LogP contribution is -2.07. The lowest BCUT2D eigenvalue weighted by molar-refractivity contribution is 0.733. The van der Waals surface area contributed by atoms with Crippen molar-refractivity contribution in [3.8, 4) is 34.2 Å². The number of nitrogens with zero attached hydrogens (tertiary/aromatic N) is 5. The molecule has 6 aromatic carbocycles. The molecule has 1 unspecified atom stereocenters. The predicted octanol–water partition coefficient (Wildman–Crippen LogP) is 12.0. The van der Waals surface area contributed by atoms with Crippen LogP contribution in [0.25, 0.3) is 77.8 Å². The van der Waals surface area contributed by atoms with Gasteiger partial charge in [0.1, 0.15) is 5.82 Å². The molecule has 9 aromatic rings. The zero-order valence-electron chi connectivity index (χ0n) is 29.2. The minimum atomic E-state index is 0.0548. The van der Waals surface area contributed by atoms with Crippen molar-refractivity contribution in [1.29, 1.82) is 0 Å². The molecule has 0 amide bonds. The molecule has 0 aliphatic carbocycles. The van der Waals surface area contributed by atoms with Crippen molar-refractivity contribution in [1.82, 2.24) is 24.1 Å². The molecule has 0 fully saturated rings. The van der Waals surface area contributed by atoms with Gasteiger partial charge >= 0.3 is 0 Å². The van der Waals surface area contributed by atoms with E-state index in [4.69, 9.17) is 15.0 Å². The largest absolute Gasteiger partial charge is 0.309 e. The van der Waals surface area contributed by atoms with Crippen LogP contribution in [-0.2, 0) is 0 Å². The minimum Gasteiger partial charge on any atom is -0.309 e. The first kappa shape index (κ1) is 31.4. The van der Waals surface area contributed by atoms with Crippen molar-refractivity contribution in [3.63, 3.8) is 0 Å². The Hall–Kier alpha value is -6.59. The highest BCUT2D eigenvalue weighted by Crippen LogP contribution is 2.38. The Balaban J connectivity index is 1.27. The molecule has 0 radical (unpaired) electrons.